The molecule has 2 atom stereocenters. The molecule has 2 N–H and O–H groups in total. The van der Waals surface area contributed by atoms with E-state index < -0.39 is 5.60 Å². The largest absolute Gasteiger partial charge is 0.388 e. The third-order valence-corrected chi connectivity index (χ3v) is 3.97. The van der Waals surface area contributed by atoms with Gasteiger partial charge in [0.2, 0.25) is 0 Å². The van der Waals surface area contributed by atoms with Crippen LogP contribution in [-0.2, 0) is 4.74 Å². The molecule has 0 aromatic rings. The first kappa shape index (κ1) is 12.3. The number of hydrogen-bond acceptors (Lipinski definition) is 3. The minimum atomic E-state index is -0.563. The van der Waals surface area contributed by atoms with Gasteiger partial charge in [-0.2, -0.15) is 0 Å². The fourth-order valence-corrected chi connectivity index (χ4v) is 3.17. The van der Waals surface area contributed by atoms with Crippen LogP contribution in [0.25, 0.3) is 0 Å². The summed E-state index contributed by atoms with van der Waals surface area (Å²) in [4.78, 5) is 0. The predicted octanol–water partition coefficient (Wildman–Crippen LogP) is 1.84. The highest BCUT2D eigenvalue weighted by Crippen LogP contribution is 2.36. The second kappa shape index (κ2) is 4.63. The smallest absolute Gasteiger partial charge is 0.0849 e. The van der Waals surface area contributed by atoms with Crippen molar-refractivity contribution in [3.63, 3.8) is 0 Å². The Hall–Kier alpha value is -0.120. The molecule has 0 radical (unpaired) electrons. The molecular weight excluding hydrogens is 202 g/mol. The molecule has 0 aromatic carbocycles. The first-order valence-corrected chi connectivity index (χ1v) is 6.62. The first-order valence-electron chi connectivity index (χ1n) is 6.62. The lowest BCUT2D eigenvalue weighted by Crippen LogP contribution is -2.57. The van der Waals surface area contributed by atoms with Crippen LogP contribution in [0.5, 0.6) is 0 Å². The van der Waals surface area contributed by atoms with Gasteiger partial charge in [0.1, 0.15) is 0 Å². The normalized spacial score (nSPS) is 40.3. The molecule has 3 heteroatoms. The Bertz CT molecular complexity index is 234. The van der Waals surface area contributed by atoms with Gasteiger partial charge in [0, 0.05) is 18.9 Å². The summed E-state index contributed by atoms with van der Waals surface area (Å²) in [6.45, 7) is 5.89. The van der Waals surface area contributed by atoms with Crippen LogP contribution in [0.3, 0.4) is 0 Å². The second-order valence-corrected chi connectivity index (χ2v) is 5.99. The quantitative estimate of drug-likeness (QED) is 0.718. The lowest BCUT2D eigenvalue weighted by atomic mass is 9.77. The van der Waals surface area contributed by atoms with Gasteiger partial charge >= 0.3 is 0 Å². The molecule has 94 valence electrons. The van der Waals surface area contributed by atoms with E-state index in [2.05, 4.69) is 19.2 Å². The van der Waals surface area contributed by atoms with E-state index in [-0.39, 0.29) is 11.6 Å². The number of rotatable bonds is 1. The molecule has 2 saturated heterocycles. The van der Waals surface area contributed by atoms with Crippen molar-refractivity contribution >= 4 is 0 Å². The van der Waals surface area contributed by atoms with Crippen molar-refractivity contribution < 1.29 is 9.84 Å². The van der Waals surface area contributed by atoms with Gasteiger partial charge in [0.15, 0.2) is 0 Å². The highest BCUT2D eigenvalue weighted by atomic mass is 16.5. The van der Waals surface area contributed by atoms with Gasteiger partial charge in [-0.1, -0.05) is 12.8 Å². The maximum atomic E-state index is 10.8. The Labute approximate surface area is 98.6 Å². The maximum Gasteiger partial charge on any atom is 0.0849 e. The van der Waals surface area contributed by atoms with Crippen molar-refractivity contribution in [1.82, 2.24) is 5.32 Å². The minimum absolute atomic E-state index is 0.180. The van der Waals surface area contributed by atoms with Crippen LogP contribution in [0.1, 0.15) is 52.4 Å². The summed E-state index contributed by atoms with van der Waals surface area (Å²) in [6.07, 6.45) is 6.39. The lowest BCUT2D eigenvalue weighted by molar-refractivity contribution is -0.156. The van der Waals surface area contributed by atoms with Gasteiger partial charge in [0.05, 0.1) is 17.8 Å². The highest BCUT2D eigenvalue weighted by molar-refractivity contribution is 4.99. The first-order chi connectivity index (χ1) is 7.52. The molecule has 0 saturated carbocycles. The van der Waals surface area contributed by atoms with Crippen molar-refractivity contribution in [2.45, 2.75) is 69.6 Å². The molecule has 0 aromatic heterocycles. The molecule has 2 heterocycles. The van der Waals surface area contributed by atoms with E-state index in [0.29, 0.717) is 6.61 Å². The molecule has 2 aliphatic heterocycles. The zero-order valence-electron chi connectivity index (χ0n) is 10.6. The average molecular weight is 227 g/mol. The Morgan fingerprint density at radius 3 is 2.81 bits per heavy atom. The molecule has 16 heavy (non-hydrogen) atoms. The Morgan fingerprint density at radius 1 is 1.25 bits per heavy atom. The minimum Gasteiger partial charge on any atom is -0.388 e. The van der Waals surface area contributed by atoms with Gasteiger partial charge in [-0.25, -0.2) is 0 Å². The summed E-state index contributed by atoms with van der Waals surface area (Å²) in [5, 5.41) is 14.3. The molecule has 0 spiro atoms. The van der Waals surface area contributed by atoms with E-state index in [1.807, 2.05) is 0 Å². The van der Waals surface area contributed by atoms with Gasteiger partial charge in [-0.15, -0.1) is 0 Å². The highest BCUT2D eigenvalue weighted by Gasteiger charge is 2.44. The third-order valence-electron chi connectivity index (χ3n) is 3.97. The molecule has 2 fully saturated rings. The summed E-state index contributed by atoms with van der Waals surface area (Å²) in [6, 6.07) is 0.262. The summed E-state index contributed by atoms with van der Waals surface area (Å²) >= 11 is 0. The van der Waals surface area contributed by atoms with Crippen LogP contribution in [0.15, 0.2) is 0 Å². The molecule has 2 aliphatic rings. The Kier molecular flexibility index (Phi) is 3.57. The molecule has 0 amide bonds. The van der Waals surface area contributed by atoms with E-state index in [9.17, 15) is 5.11 Å². The standard InChI is InChI=1S/C13H25NO2/c1-12(2)10-13(15,7-9-16-12)11-6-4-3-5-8-14-11/h11,14-15H,3-10H2,1-2H3. The SMILES string of the molecule is CC1(C)CC(O)(C2CCCCCN2)CCO1. The van der Waals surface area contributed by atoms with Crippen molar-refractivity contribution in [3.8, 4) is 0 Å². The van der Waals surface area contributed by atoms with Gasteiger partial charge in [0.25, 0.3) is 0 Å². The number of hydrogen-bond donors (Lipinski definition) is 2. The summed E-state index contributed by atoms with van der Waals surface area (Å²) < 4.78 is 5.70. The number of ether oxygens (including phenoxy) is 1. The van der Waals surface area contributed by atoms with E-state index in [1.165, 1.54) is 19.3 Å². The number of nitrogens with one attached hydrogen (secondary N) is 1. The lowest BCUT2D eigenvalue weighted by Gasteiger charge is -2.45. The summed E-state index contributed by atoms with van der Waals surface area (Å²) in [5.74, 6) is 0. The van der Waals surface area contributed by atoms with Crippen LogP contribution in [0.2, 0.25) is 0 Å². The molecule has 2 rings (SSSR count). The fourth-order valence-electron chi connectivity index (χ4n) is 3.17. The molecule has 0 bridgehead atoms. The van der Waals surface area contributed by atoms with Gasteiger partial charge < -0.3 is 15.2 Å². The Morgan fingerprint density at radius 2 is 2.06 bits per heavy atom. The predicted molar refractivity (Wildman–Crippen MR) is 64.5 cm³/mol. The van der Waals surface area contributed by atoms with Crippen LogP contribution < -0.4 is 5.32 Å². The van der Waals surface area contributed by atoms with Crippen molar-refractivity contribution in [2.24, 2.45) is 0 Å². The van der Waals surface area contributed by atoms with Crippen LogP contribution in [0, 0.1) is 0 Å². The van der Waals surface area contributed by atoms with E-state index >= 15 is 0 Å². The second-order valence-electron chi connectivity index (χ2n) is 5.99. The van der Waals surface area contributed by atoms with E-state index in [4.69, 9.17) is 4.74 Å². The topological polar surface area (TPSA) is 41.5 Å². The zero-order valence-corrected chi connectivity index (χ0v) is 10.6. The van der Waals surface area contributed by atoms with Crippen molar-refractivity contribution in [1.29, 1.82) is 0 Å². The molecule has 0 aliphatic carbocycles. The summed E-state index contributed by atoms with van der Waals surface area (Å²) in [5.41, 5.74) is -0.743. The molecule has 3 nitrogen and oxygen atoms in total. The maximum absolute atomic E-state index is 10.8. The van der Waals surface area contributed by atoms with Crippen LogP contribution >= 0.6 is 0 Å². The molecular formula is C13H25NO2. The number of aliphatic hydroxyl groups is 1. The van der Waals surface area contributed by atoms with Crippen molar-refractivity contribution in [3.05, 3.63) is 0 Å². The van der Waals surface area contributed by atoms with E-state index in [1.54, 1.807) is 0 Å². The van der Waals surface area contributed by atoms with Crippen LogP contribution in [-0.4, -0.2) is 35.5 Å². The van der Waals surface area contributed by atoms with Crippen molar-refractivity contribution in [2.75, 3.05) is 13.2 Å². The summed E-state index contributed by atoms with van der Waals surface area (Å²) in [7, 11) is 0. The van der Waals surface area contributed by atoms with Crippen LogP contribution in [0.4, 0.5) is 0 Å². The van der Waals surface area contributed by atoms with Gasteiger partial charge in [-0.05, 0) is 33.2 Å². The zero-order chi connectivity index (χ0) is 11.6. The molecule has 2 unspecified atom stereocenters. The van der Waals surface area contributed by atoms with E-state index in [0.717, 1.165) is 25.8 Å². The van der Waals surface area contributed by atoms with Gasteiger partial charge in [-0.3, -0.25) is 0 Å². The fraction of sp³-hybridized carbons (Fsp3) is 1.00. The Balaban J connectivity index is 2.04. The average Bonchev–Trinajstić information content (AvgIpc) is 2.43. The monoisotopic (exact) mass is 227 g/mol. The third kappa shape index (κ3) is 2.76.